The number of nitrogens with one attached hydrogen (secondary N) is 2. The van der Waals surface area contributed by atoms with Gasteiger partial charge in [0.25, 0.3) is 0 Å². The van der Waals surface area contributed by atoms with Crippen LogP contribution in [0.4, 0.5) is 17.6 Å². The molecule has 1 unspecified atom stereocenters. The highest BCUT2D eigenvalue weighted by atomic mass is 35.5. The van der Waals surface area contributed by atoms with Gasteiger partial charge in [0.2, 0.25) is 5.95 Å². The number of aromatic amines is 1. The summed E-state index contributed by atoms with van der Waals surface area (Å²) in [4.78, 5) is 12.4. The molecule has 11 heteroatoms. The van der Waals surface area contributed by atoms with Gasteiger partial charge in [-0.3, -0.25) is 9.67 Å². The lowest BCUT2D eigenvalue weighted by molar-refractivity contribution is 0.875. The molecule has 0 aliphatic rings. The summed E-state index contributed by atoms with van der Waals surface area (Å²) in [5, 5.41) is 20.7. The van der Waals surface area contributed by atoms with E-state index >= 15 is 0 Å². The average molecular weight is 395 g/mol. The maximum atomic E-state index is 9.38. The monoisotopic (exact) mass is 394 g/mol. The quantitative estimate of drug-likeness (QED) is 0.410. The zero-order chi connectivity index (χ0) is 19.8. The molecule has 4 aromatic heterocycles. The Kier molecular flexibility index (Phi) is 4.21. The molecule has 6 N–H and O–H groups in total. The van der Waals surface area contributed by atoms with Gasteiger partial charge >= 0.3 is 0 Å². The summed E-state index contributed by atoms with van der Waals surface area (Å²) >= 11 is 6.47. The van der Waals surface area contributed by atoms with Crippen molar-refractivity contribution < 1.29 is 0 Å². The van der Waals surface area contributed by atoms with Gasteiger partial charge < -0.3 is 16.8 Å². The number of halogens is 1. The van der Waals surface area contributed by atoms with Crippen LogP contribution in [-0.4, -0.2) is 29.7 Å². The second kappa shape index (κ2) is 6.71. The molecule has 4 heterocycles. The first-order valence-corrected chi connectivity index (χ1v) is 8.61. The van der Waals surface area contributed by atoms with Crippen LogP contribution in [0, 0.1) is 11.3 Å². The Hall–Kier alpha value is -3.84. The minimum atomic E-state index is -0.293. The number of hydrogen-bond acceptors (Lipinski definition) is 8. The van der Waals surface area contributed by atoms with Gasteiger partial charge in [0.1, 0.15) is 23.1 Å². The molecule has 0 bridgehead atoms. The number of nitrogen functional groups attached to an aromatic ring is 2. The van der Waals surface area contributed by atoms with Crippen molar-refractivity contribution in [1.29, 1.82) is 5.26 Å². The summed E-state index contributed by atoms with van der Waals surface area (Å²) in [6.45, 7) is 1.91. The second-order valence-electron chi connectivity index (χ2n) is 6.07. The highest BCUT2D eigenvalue weighted by Crippen LogP contribution is 2.34. The van der Waals surface area contributed by atoms with Crippen molar-refractivity contribution in [1.82, 2.24) is 29.7 Å². The van der Waals surface area contributed by atoms with Crippen LogP contribution in [0.5, 0.6) is 0 Å². The van der Waals surface area contributed by atoms with E-state index in [0.29, 0.717) is 10.7 Å². The predicted molar refractivity (Wildman–Crippen MR) is 106 cm³/mol. The van der Waals surface area contributed by atoms with E-state index in [2.05, 4.69) is 30.5 Å². The smallest absolute Gasteiger partial charge is 0.224 e. The normalized spacial score (nSPS) is 12.0. The van der Waals surface area contributed by atoms with Crippen LogP contribution >= 0.6 is 11.6 Å². The van der Waals surface area contributed by atoms with Gasteiger partial charge in [-0.25, -0.2) is 4.98 Å². The maximum absolute atomic E-state index is 9.38. The third-order valence-electron chi connectivity index (χ3n) is 4.31. The standard InChI is InChI=1S/C17H15ClN10/c1-8(25-15-10(4-19)14(20)26-17(21)27-15)11-7-28(9-5-23-24-6-9)16-13(11)12(18)2-3-22-16/h2-3,5-8H,1H3,(H,23,24)(H5,20,21,25,26,27). The molecule has 1 atom stereocenters. The summed E-state index contributed by atoms with van der Waals surface area (Å²) in [7, 11) is 0. The van der Waals surface area contributed by atoms with Crippen LogP contribution < -0.4 is 16.8 Å². The van der Waals surface area contributed by atoms with E-state index in [1.807, 2.05) is 23.8 Å². The van der Waals surface area contributed by atoms with Crippen LogP contribution in [0.3, 0.4) is 0 Å². The molecule has 140 valence electrons. The van der Waals surface area contributed by atoms with Gasteiger partial charge in [-0.15, -0.1) is 0 Å². The molecule has 0 aliphatic carbocycles. The lowest BCUT2D eigenvalue weighted by Crippen LogP contribution is -2.13. The Morgan fingerprint density at radius 3 is 2.89 bits per heavy atom. The molecule has 4 rings (SSSR count). The number of rotatable bonds is 4. The number of nitrogens with zero attached hydrogens (tertiary/aromatic N) is 6. The fourth-order valence-electron chi connectivity index (χ4n) is 3.04. The van der Waals surface area contributed by atoms with Crippen molar-refractivity contribution in [2.75, 3.05) is 16.8 Å². The molecule has 0 saturated heterocycles. The largest absolute Gasteiger partial charge is 0.382 e. The van der Waals surface area contributed by atoms with Crippen molar-refractivity contribution in [3.05, 3.63) is 47.0 Å². The minimum absolute atomic E-state index is 0.0187. The first-order chi connectivity index (χ1) is 13.5. The lowest BCUT2D eigenvalue weighted by Gasteiger charge is -2.16. The predicted octanol–water partition coefficient (Wildman–Crippen LogP) is 2.40. The van der Waals surface area contributed by atoms with Gasteiger partial charge in [0.15, 0.2) is 5.82 Å². The SMILES string of the molecule is CC(Nc1nc(N)nc(N)c1C#N)c1cn(-c2cn[nH]c2)c2nccc(Cl)c12. The fraction of sp³-hybridized carbons (Fsp3) is 0.118. The number of nitriles is 1. The zero-order valence-corrected chi connectivity index (χ0v) is 15.4. The average Bonchev–Trinajstić information content (AvgIpc) is 3.29. The number of H-pyrrole nitrogens is 1. The molecule has 28 heavy (non-hydrogen) atoms. The first-order valence-electron chi connectivity index (χ1n) is 8.23. The van der Waals surface area contributed by atoms with E-state index in [1.165, 1.54) is 0 Å². The minimum Gasteiger partial charge on any atom is -0.382 e. The summed E-state index contributed by atoms with van der Waals surface area (Å²) in [6, 6.07) is 3.43. The molecular weight excluding hydrogens is 380 g/mol. The Labute approximate surface area is 164 Å². The molecule has 0 aromatic carbocycles. The molecular formula is C17H15ClN10. The number of pyridine rings is 1. The van der Waals surface area contributed by atoms with E-state index in [4.69, 9.17) is 23.1 Å². The van der Waals surface area contributed by atoms with E-state index < -0.39 is 0 Å². The molecule has 0 radical (unpaired) electrons. The number of anilines is 3. The summed E-state index contributed by atoms with van der Waals surface area (Å²) in [6.07, 6.45) is 6.99. The Balaban J connectivity index is 1.83. The van der Waals surface area contributed by atoms with Crippen LogP contribution in [0.2, 0.25) is 5.02 Å². The molecule has 10 nitrogen and oxygen atoms in total. The zero-order valence-electron chi connectivity index (χ0n) is 14.7. The Morgan fingerprint density at radius 1 is 1.36 bits per heavy atom. The van der Waals surface area contributed by atoms with Crippen molar-refractivity contribution in [3.63, 3.8) is 0 Å². The van der Waals surface area contributed by atoms with Crippen LogP contribution in [0.1, 0.15) is 24.1 Å². The number of aromatic nitrogens is 6. The number of fused-ring (bicyclic) bond motifs is 1. The molecule has 0 saturated carbocycles. The summed E-state index contributed by atoms with van der Waals surface area (Å²) < 4.78 is 1.88. The highest BCUT2D eigenvalue weighted by Gasteiger charge is 2.21. The number of nitrogens with two attached hydrogens (primary N) is 2. The van der Waals surface area contributed by atoms with Gasteiger partial charge in [-0.1, -0.05) is 11.6 Å². The summed E-state index contributed by atoms with van der Waals surface area (Å²) in [5.41, 5.74) is 13.9. The molecule has 0 aliphatic heterocycles. The van der Waals surface area contributed by atoms with Crippen molar-refractivity contribution in [2.24, 2.45) is 0 Å². The van der Waals surface area contributed by atoms with E-state index in [9.17, 15) is 5.26 Å². The Morgan fingerprint density at radius 2 is 2.18 bits per heavy atom. The van der Waals surface area contributed by atoms with Crippen molar-refractivity contribution in [2.45, 2.75) is 13.0 Å². The molecule has 0 spiro atoms. The highest BCUT2D eigenvalue weighted by molar-refractivity contribution is 6.35. The van der Waals surface area contributed by atoms with E-state index in [0.717, 1.165) is 16.6 Å². The maximum Gasteiger partial charge on any atom is 0.224 e. The second-order valence-corrected chi connectivity index (χ2v) is 6.48. The topological polar surface area (TPSA) is 160 Å². The molecule has 4 aromatic rings. The first kappa shape index (κ1) is 17.6. The molecule has 0 fully saturated rings. The molecule has 0 amide bonds. The van der Waals surface area contributed by atoms with Crippen LogP contribution in [-0.2, 0) is 0 Å². The van der Waals surface area contributed by atoms with Crippen molar-refractivity contribution in [3.8, 4) is 11.8 Å². The van der Waals surface area contributed by atoms with Crippen molar-refractivity contribution >= 4 is 40.2 Å². The van der Waals surface area contributed by atoms with Gasteiger partial charge in [0.05, 0.1) is 22.9 Å². The van der Waals surface area contributed by atoms with Crippen LogP contribution in [0.25, 0.3) is 16.7 Å². The number of hydrogen-bond donors (Lipinski definition) is 4. The van der Waals surface area contributed by atoms with E-state index in [-0.39, 0.29) is 29.2 Å². The van der Waals surface area contributed by atoms with E-state index in [1.54, 1.807) is 24.7 Å². The van der Waals surface area contributed by atoms with Gasteiger partial charge in [-0.2, -0.15) is 20.3 Å². The van der Waals surface area contributed by atoms with Crippen LogP contribution in [0.15, 0.2) is 30.9 Å². The van der Waals surface area contributed by atoms with Gasteiger partial charge in [0, 0.05) is 29.5 Å². The third kappa shape index (κ3) is 2.83. The fourth-order valence-corrected chi connectivity index (χ4v) is 3.29. The Bertz CT molecular complexity index is 1210. The third-order valence-corrected chi connectivity index (χ3v) is 4.63. The van der Waals surface area contributed by atoms with Gasteiger partial charge in [-0.05, 0) is 13.0 Å². The lowest BCUT2D eigenvalue weighted by atomic mass is 10.1. The summed E-state index contributed by atoms with van der Waals surface area (Å²) in [5.74, 6) is 0.251.